The Morgan fingerprint density at radius 1 is 0.880 bits per heavy atom. The zero-order chi connectivity index (χ0) is 18.0. The van der Waals surface area contributed by atoms with Crippen molar-refractivity contribution in [2.45, 2.75) is 20.5 Å². The lowest BCUT2D eigenvalue weighted by atomic mass is 10.1. The number of rotatable bonds is 4. The van der Waals surface area contributed by atoms with Gasteiger partial charge in [0, 0.05) is 29.1 Å². The Morgan fingerprint density at radius 3 is 2.12 bits per heavy atom. The molecule has 6 heteroatoms. The van der Waals surface area contributed by atoms with Gasteiger partial charge in [0.15, 0.2) is 0 Å². The lowest BCUT2D eigenvalue weighted by molar-refractivity contribution is 0.279. The maximum atomic E-state index is 14.0. The standard InChI is InChI=1S/C19H15F3N2O/c1-11-3-4-15(18(22)5-11)14-8-23-19(24-9-14)25-10-13-6-16(20)12(2)17(21)7-13/h3-9H,10H2,1-2H3. The first-order valence-corrected chi connectivity index (χ1v) is 7.60. The first-order valence-electron chi connectivity index (χ1n) is 7.60. The molecule has 0 atom stereocenters. The van der Waals surface area contributed by atoms with Crippen molar-refractivity contribution >= 4 is 0 Å². The van der Waals surface area contributed by atoms with Gasteiger partial charge in [-0.05, 0) is 43.2 Å². The highest BCUT2D eigenvalue weighted by Gasteiger charge is 2.09. The Labute approximate surface area is 143 Å². The fourth-order valence-electron chi connectivity index (χ4n) is 2.31. The normalized spacial score (nSPS) is 10.8. The van der Waals surface area contributed by atoms with Crippen LogP contribution in [0.1, 0.15) is 16.7 Å². The van der Waals surface area contributed by atoms with E-state index in [4.69, 9.17) is 4.74 Å². The molecule has 0 spiro atoms. The van der Waals surface area contributed by atoms with E-state index in [0.29, 0.717) is 16.7 Å². The van der Waals surface area contributed by atoms with E-state index < -0.39 is 11.6 Å². The topological polar surface area (TPSA) is 35.0 Å². The van der Waals surface area contributed by atoms with Gasteiger partial charge in [0.2, 0.25) is 0 Å². The molecule has 0 saturated carbocycles. The molecule has 0 radical (unpaired) electrons. The van der Waals surface area contributed by atoms with Crippen LogP contribution in [0.25, 0.3) is 11.1 Å². The second-order valence-electron chi connectivity index (χ2n) is 5.71. The summed E-state index contributed by atoms with van der Waals surface area (Å²) in [6.07, 6.45) is 2.87. The summed E-state index contributed by atoms with van der Waals surface area (Å²) in [5.41, 5.74) is 2.01. The van der Waals surface area contributed by atoms with Crippen molar-refractivity contribution in [2.24, 2.45) is 0 Å². The zero-order valence-corrected chi connectivity index (χ0v) is 13.7. The average Bonchev–Trinajstić information content (AvgIpc) is 2.58. The molecule has 0 aliphatic rings. The third-order valence-electron chi connectivity index (χ3n) is 3.77. The number of hydrogen-bond donors (Lipinski definition) is 0. The Balaban J connectivity index is 1.73. The van der Waals surface area contributed by atoms with Gasteiger partial charge >= 0.3 is 6.01 Å². The van der Waals surface area contributed by atoms with Crippen LogP contribution in [-0.2, 0) is 6.61 Å². The minimum atomic E-state index is -0.635. The van der Waals surface area contributed by atoms with Gasteiger partial charge in [-0.3, -0.25) is 0 Å². The minimum absolute atomic E-state index is 0.0375. The van der Waals surface area contributed by atoms with Crippen molar-refractivity contribution < 1.29 is 17.9 Å². The van der Waals surface area contributed by atoms with Crippen molar-refractivity contribution in [1.82, 2.24) is 9.97 Å². The first-order chi connectivity index (χ1) is 11.9. The van der Waals surface area contributed by atoms with Crippen molar-refractivity contribution in [3.8, 4) is 17.1 Å². The Bertz CT molecular complexity index is 888. The largest absolute Gasteiger partial charge is 0.459 e. The summed E-state index contributed by atoms with van der Waals surface area (Å²) in [7, 11) is 0. The smallest absolute Gasteiger partial charge is 0.316 e. The maximum Gasteiger partial charge on any atom is 0.316 e. The average molecular weight is 344 g/mol. The molecule has 0 amide bonds. The molecule has 2 aromatic carbocycles. The molecule has 0 aliphatic carbocycles. The van der Waals surface area contributed by atoms with Crippen LogP contribution in [0.15, 0.2) is 42.7 Å². The molecule has 0 fully saturated rings. The number of aryl methyl sites for hydroxylation is 1. The van der Waals surface area contributed by atoms with Gasteiger partial charge in [-0.2, -0.15) is 0 Å². The molecule has 1 aromatic heterocycles. The predicted octanol–water partition coefficient (Wildman–Crippen LogP) is 4.76. The van der Waals surface area contributed by atoms with Gasteiger partial charge in [0.1, 0.15) is 24.1 Å². The highest BCUT2D eigenvalue weighted by molar-refractivity contribution is 5.62. The van der Waals surface area contributed by atoms with E-state index in [9.17, 15) is 13.2 Å². The van der Waals surface area contributed by atoms with Crippen LogP contribution in [0.3, 0.4) is 0 Å². The van der Waals surface area contributed by atoms with E-state index in [1.807, 2.05) is 0 Å². The van der Waals surface area contributed by atoms with Gasteiger partial charge in [-0.15, -0.1) is 0 Å². The fourth-order valence-corrected chi connectivity index (χ4v) is 2.31. The third-order valence-corrected chi connectivity index (χ3v) is 3.77. The molecule has 3 nitrogen and oxygen atoms in total. The van der Waals surface area contributed by atoms with Crippen LogP contribution < -0.4 is 4.74 Å². The van der Waals surface area contributed by atoms with E-state index >= 15 is 0 Å². The quantitative estimate of drug-likeness (QED) is 0.685. The summed E-state index contributed by atoms with van der Waals surface area (Å²) in [6.45, 7) is 3.09. The Morgan fingerprint density at radius 2 is 1.52 bits per heavy atom. The van der Waals surface area contributed by atoms with Crippen molar-refractivity contribution in [2.75, 3.05) is 0 Å². The van der Waals surface area contributed by atoms with E-state index in [1.165, 1.54) is 37.5 Å². The highest BCUT2D eigenvalue weighted by atomic mass is 19.1. The van der Waals surface area contributed by atoms with Crippen molar-refractivity contribution in [1.29, 1.82) is 0 Å². The van der Waals surface area contributed by atoms with Gasteiger partial charge in [0.25, 0.3) is 0 Å². The first kappa shape index (κ1) is 17.0. The predicted molar refractivity (Wildman–Crippen MR) is 87.6 cm³/mol. The lowest BCUT2D eigenvalue weighted by Gasteiger charge is -2.08. The van der Waals surface area contributed by atoms with Crippen LogP contribution >= 0.6 is 0 Å². The molecule has 0 saturated heterocycles. The third kappa shape index (κ3) is 3.79. The number of halogens is 3. The molecule has 25 heavy (non-hydrogen) atoms. The van der Waals surface area contributed by atoms with Gasteiger partial charge in [0.05, 0.1) is 0 Å². The van der Waals surface area contributed by atoms with Gasteiger partial charge in [-0.1, -0.05) is 12.1 Å². The summed E-state index contributed by atoms with van der Waals surface area (Å²) in [5, 5.41) is 0. The van der Waals surface area contributed by atoms with Crippen LogP contribution in [-0.4, -0.2) is 9.97 Å². The summed E-state index contributed by atoms with van der Waals surface area (Å²) in [6, 6.07) is 7.33. The van der Waals surface area contributed by atoms with Crippen LogP contribution in [0.4, 0.5) is 13.2 Å². The van der Waals surface area contributed by atoms with E-state index in [0.717, 1.165) is 5.56 Å². The van der Waals surface area contributed by atoms with E-state index in [1.54, 1.807) is 19.1 Å². The molecule has 0 bridgehead atoms. The number of hydrogen-bond acceptors (Lipinski definition) is 3. The molecule has 0 aliphatic heterocycles. The maximum absolute atomic E-state index is 14.0. The van der Waals surface area contributed by atoms with Gasteiger partial charge < -0.3 is 4.74 Å². The second kappa shape index (κ2) is 6.93. The Kier molecular flexibility index (Phi) is 4.70. The molecular weight excluding hydrogens is 329 g/mol. The molecule has 3 rings (SSSR count). The summed E-state index contributed by atoms with van der Waals surface area (Å²) < 4.78 is 46.3. The summed E-state index contributed by atoms with van der Waals surface area (Å²) in [5.74, 6) is -1.63. The number of nitrogens with zero attached hydrogens (tertiary/aromatic N) is 2. The SMILES string of the molecule is Cc1ccc(-c2cnc(OCc3cc(F)c(C)c(F)c3)nc2)c(F)c1. The Hall–Kier alpha value is -2.89. The minimum Gasteiger partial charge on any atom is -0.459 e. The summed E-state index contributed by atoms with van der Waals surface area (Å²) >= 11 is 0. The highest BCUT2D eigenvalue weighted by Crippen LogP contribution is 2.23. The number of benzene rings is 2. The molecule has 0 unspecified atom stereocenters. The molecule has 128 valence electrons. The summed E-state index contributed by atoms with van der Waals surface area (Å²) in [4.78, 5) is 8.02. The van der Waals surface area contributed by atoms with Crippen LogP contribution in [0, 0.1) is 31.3 Å². The zero-order valence-electron chi connectivity index (χ0n) is 13.7. The molecule has 0 N–H and O–H groups in total. The molecular formula is C19H15F3N2O. The van der Waals surface area contributed by atoms with E-state index in [2.05, 4.69) is 9.97 Å². The van der Waals surface area contributed by atoms with Crippen LogP contribution in [0.2, 0.25) is 0 Å². The van der Waals surface area contributed by atoms with Gasteiger partial charge in [-0.25, -0.2) is 23.1 Å². The lowest BCUT2D eigenvalue weighted by Crippen LogP contribution is -2.02. The van der Waals surface area contributed by atoms with Crippen molar-refractivity contribution in [3.05, 3.63) is 76.9 Å². The molecule has 3 aromatic rings. The fraction of sp³-hybridized carbons (Fsp3) is 0.158. The van der Waals surface area contributed by atoms with E-state index in [-0.39, 0.29) is 24.0 Å². The molecule has 1 heterocycles. The number of ether oxygens (including phenoxy) is 1. The monoisotopic (exact) mass is 344 g/mol. The number of aromatic nitrogens is 2. The van der Waals surface area contributed by atoms with Crippen molar-refractivity contribution in [3.63, 3.8) is 0 Å². The second-order valence-corrected chi connectivity index (χ2v) is 5.71. The van der Waals surface area contributed by atoms with Crippen LogP contribution in [0.5, 0.6) is 6.01 Å².